The summed E-state index contributed by atoms with van der Waals surface area (Å²) in [4.78, 5) is 25.3. The van der Waals surface area contributed by atoms with Crippen molar-refractivity contribution in [2.75, 3.05) is 13.1 Å². The SMILES string of the molecule is CC1CN(C(=O)c2cccc(C(N)=O)c2)CCC1N.Cl. The van der Waals surface area contributed by atoms with E-state index in [9.17, 15) is 9.59 Å². The van der Waals surface area contributed by atoms with E-state index in [4.69, 9.17) is 11.5 Å². The molecule has 0 spiro atoms. The first-order valence-electron chi connectivity index (χ1n) is 6.43. The molecule has 0 radical (unpaired) electrons. The van der Waals surface area contributed by atoms with Gasteiger partial charge >= 0.3 is 0 Å². The minimum atomic E-state index is -0.524. The van der Waals surface area contributed by atoms with E-state index < -0.39 is 5.91 Å². The van der Waals surface area contributed by atoms with Crippen molar-refractivity contribution in [1.82, 2.24) is 4.90 Å². The first-order chi connectivity index (χ1) is 8.99. The summed E-state index contributed by atoms with van der Waals surface area (Å²) in [6.45, 7) is 3.36. The van der Waals surface area contributed by atoms with Crippen LogP contribution in [0.15, 0.2) is 24.3 Å². The highest BCUT2D eigenvalue weighted by atomic mass is 35.5. The number of halogens is 1. The lowest BCUT2D eigenvalue weighted by Crippen LogP contribution is -2.48. The summed E-state index contributed by atoms with van der Waals surface area (Å²) in [5, 5.41) is 0. The highest BCUT2D eigenvalue weighted by Gasteiger charge is 2.26. The van der Waals surface area contributed by atoms with Crippen molar-refractivity contribution in [1.29, 1.82) is 0 Å². The van der Waals surface area contributed by atoms with Gasteiger partial charge in [-0.3, -0.25) is 9.59 Å². The lowest BCUT2D eigenvalue weighted by Gasteiger charge is -2.35. The van der Waals surface area contributed by atoms with E-state index in [0.29, 0.717) is 24.2 Å². The zero-order chi connectivity index (χ0) is 14.0. The van der Waals surface area contributed by atoms with Gasteiger partial charge in [0.15, 0.2) is 0 Å². The number of likely N-dealkylation sites (tertiary alicyclic amines) is 1. The van der Waals surface area contributed by atoms with Gasteiger partial charge in [0.1, 0.15) is 0 Å². The number of benzene rings is 1. The smallest absolute Gasteiger partial charge is 0.253 e. The molecule has 6 heteroatoms. The van der Waals surface area contributed by atoms with Gasteiger partial charge in [0.2, 0.25) is 5.91 Å². The zero-order valence-electron chi connectivity index (χ0n) is 11.4. The van der Waals surface area contributed by atoms with Crippen molar-refractivity contribution in [2.24, 2.45) is 17.4 Å². The number of hydrogen-bond donors (Lipinski definition) is 2. The number of nitrogens with zero attached hydrogens (tertiary/aromatic N) is 1. The van der Waals surface area contributed by atoms with Crippen LogP contribution in [0.5, 0.6) is 0 Å². The molecule has 20 heavy (non-hydrogen) atoms. The molecule has 1 fully saturated rings. The summed E-state index contributed by atoms with van der Waals surface area (Å²) in [5.74, 6) is -0.303. The minimum Gasteiger partial charge on any atom is -0.366 e. The van der Waals surface area contributed by atoms with Crippen LogP contribution in [0.3, 0.4) is 0 Å². The first kappa shape index (κ1) is 16.5. The van der Waals surface area contributed by atoms with Gasteiger partial charge in [-0.2, -0.15) is 0 Å². The highest BCUT2D eigenvalue weighted by Crippen LogP contribution is 2.18. The zero-order valence-corrected chi connectivity index (χ0v) is 12.2. The topological polar surface area (TPSA) is 89.4 Å². The van der Waals surface area contributed by atoms with Gasteiger partial charge in [0.25, 0.3) is 5.91 Å². The van der Waals surface area contributed by atoms with E-state index in [0.717, 1.165) is 6.42 Å². The molecule has 1 saturated heterocycles. The molecule has 4 N–H and O–H groups in total. The van der Waals surface area contributed by atoms with E-state index in [1.165, 1.54) is 0 Å². The molecule has 0 aromatic heterocycles. The van der Waals surface area contributed by atoms with Crippen LogP contribution in [0.4, 0.5) is 0 Å². The van der Waals surface area contributed by atoms with E-state index in [1.54, 1.807) is 29.2 Å². The Labute approximate surface area is 124 Å². The summed E-state index contributed by atoms with van der Waals surface area (Å²) in [5.41, 5.74) is 12.0. The summed E-state index contributed by atoms with van der Waals surface area (Å²) >= 11 is 0. The summed E-state index contributed by atoms with van der Waals surface area (Å²) in [6, 6.07) is 6.68. The number of nitrogens with two attached hydrogens (primary N) is 2. The molecule has 0 bridgehead atoms. The molecule has 2 atom stereocenters. The number of carbonyl (C=O) groups is 2. The van der Waals surface area contributed by atoms with Gasteiger partial charge in [0, 0.05) is 30.3 Å². The Morgan fingerprint density at radius 2 is 1.95 bits per heavy atom. The number of hydrogen-bond acceptors (Lipinski definition) is 3. The van der Waals surface area contributed by atoms with Gasteiger partial charge < -0.3 is 16.4 Å². The van der Waals surface area contributed by atoms with Crippen LogP contribution in [-0.4, -0.2) is 35.8 Å². The number of carbonyl (C=O) groups excluding carboxylic acids is 2. The molecule has 1 aromatic rings. The van der Waals surface area contributed by atoms with E-state index in [1.807, 2.05) is 6.92 Å². The molecule has 1 aliphatic rings. The van der Waals surface area contributed by atoms with Gasteiger partial charge in [-0.1, -0.05) is 13.0 Å². The summed E-state index contributed by atoms with van der Waals surface area (Å²) < 4.78 is 0. The van der Waals surface area contributed by atoms with Gasteiger partial charge in [-0.05, 0) is 30.5 Å². The van der Waals surface area contributed by atoms with Crippen LogP contribution in [0.2, 0.25) is 0 Å². The fourth-order valence-electron chi connectivity index (χ4n) is 2.34. The normalized spacial score (nSPS) is 22.0. The third-order valence-electron chi connectivity index (χ3n) is 3.65. The van der Waals surface area contributed by atoms with Crippen LogP contribution in [-0.2, 0) is 0 Å². The maximum absolute atomic E-state index is 12.4. The largest absolute Gasteiger partial charge is 0.366 e. The Hall–Kier alpha value is -1.59. The van der Waals surface area contributed by atoms with Crippen molar-refractivity contribution in [2.45, 2.75) is 19.4 Å². The third-order valence-corrected chi connectivity index (χ3v) is 3.65. The Balaban J connectivity index is 0.00000200. The summed E-state index contributed by atoms with van der Waals surface area (Å²) in [7, 11) is 0. The van der Waals surface area contributed by atoms with Gasteiger partial charge in [-0.15, -0.1) is 12.4 Å². The molecule has 0 saturated carbocycles. The second kappa shape index (κ2) is 6.72. The van der Waals surface area contributed by atoms with Crippen molar-refractivity contribution in [3.05, 3.63) is 35.4 Å². The minimum absolute atomic E-state index is 0. The average molecular weight is 298 g/mol. The third kappa shape index (κ3) is 3.49. The predicted molar refractivity (Wildman–Crippen MR) is 79.9 cm³/mol. The Kier molecular flexibility index (Phi) is 5.53. The lowest BCUT2D eigenvalue weighted by atomic mass is 9.94. The van der Waals surface area contributed by atoms with Crippen LogP contribution < -0.4 is 11.5 Å². The molecule has 1 aromatic carbocycles. The van der Waals surface area contributed by atoms with Crippen molar-refractivity contribution in [3.63, 3.8) is 0 Å². The van der Waals surface area contributed by atoms with Crippen molar-refractivity contribution in [3.8, 4) is 0 Å². The number of piperidine rings is 1. The van der Waals surface area contributed by atoms with Crippen molar-refractivity contribution < 1.29 is 9.59 Å². The summed E-state index contributed by atoms with van der Waals surface area (Å²) in [6.07, 6.45) is 0.808. The molecular formula is C14H20ClN3O2. The maximum atomic E-state index is 12.4. The van der Waals surface area contributed by atoms with E-state index in [2.05, 4.69) is 0 Å². The lowest BCUT2D eigenvalue weighted by molar-refractivity contribution is 0.0664. The van der Waals surface area contributed by atoms with Gasteiger partial charge in [-0.25, -0.2) is 0 Å². The molecule has 1 aliphatic heterocycles. The van der Waals surface area contributed by atoms with Crippen LogP contribution in [0.25, 0.3) is 0 Å². The quantitative estimate of drug-likeness (QED) is 0.854. The monoisotopic (exact) mass is 297 g/mol. The predicted octanol–water partition coefficient (Wildman–Crippen LogP) is 1.02. The van der Waals surface area contributed by atoms with Gasteiger partial charge in [0.05, 0.1) is 0 Å². The van der Waals surface area contributed by atoms with E-state index >= 15 is 0 Å². The molecule has 2 amide bonds. The number of primary amides is 1. The molecular weight excluding hydrogens is 278 g/mol. The van der Waals surface area contributed by atoms with E-state index in [-0.39, 0.29) is 30.3 Å². The number of amides is 2. The number of rotatable bonds is 2. The molecule has 0 aliphatic carbocycles. The average Bonchev–Trinajstić information content (AvgIpc) is 2.41. The fraction of sp³-hybridized carbons (Fsp3) is 0.429. The maximum Gasteiger partial charge on any atom is 0.253 e. The molecule has 2 unspecified atom stereocenters. The van der Waals surface area contributed by atoms with Crippen LogP contribution in [0.1, 0.15) is 34.1 Å². The Bertz CT molecular complexity index is 507. The second-order valence-electron chi connectivity index (χ2n) is 5.13. The fourth-order valence-corrected chi connectivity index (χ4v) is 2.34. The molecule has 2 rings (SSSR count). The standard InChI is InChI=1S/C14H19N3O2.ClH/c1-9-8-17(6-5-12(9)15)14(19)11-4-2-3-10(7-11)13(16)18;/h2-4,7,9,12H,5-6,8,15H2,1H3,(H2,16,18);1H. The second-order valence-corrected chi connectivity index (χ2v) is 5.13. The molecule has 5 nitrogen and oxygen atoms in total. The highest BCUT2D eigenvalue weighted by molar-refractivity contribution is 5.99. The Morgan fingerprint density at radius 3 is 2.55 bits per heavy atom. The van der Waals surface area contributed by atoms with Crippen LogP contribution >= 0.6 is 12.4 Å². The Morgan fingerprint density at radius 1 is 1.30 bits per heavy atom. The molecule has 1 heterocycles. The van der Waals surface area contributed by atoms with Crippen molar-refractivity contribution >= 4 is 24.2 Å². The molecule has 110 valence electrons. The van der Waals surface area contributed by atoms with Crippen LogP contribution in [0, 0.1) is 5.92 Å². The first-order valence-corrected chi connectivity index (χ1v) is 6.43.